The van der Waals surface area contributed by atoms with Crippen LogP contribution in [0.3, 0.4) is 0 Å². The molecule has 9 heteroatoms. The lowest BCUT2D eigenvalue weighted by atomic mass is 10.1. The van der Waals surface area contributed by atoms with E-state index in [9.17, 15) is 10.1 Å². The second kappa shape index (κ2) is 9.64. The van der Waals surface area contributed by atoms with Crippen molar-refractivity contribution in [2.24, 2.45) is 0 Å². The molecule has 4 rings (SSSR count). The van der Waals surface area contributed by atoms with E-state index in [1.807, 2.05) is 12.1 Å². The number of anilines is 1. The van der Waals surface area contributed by atoms with Gasteiger partial charge in [-0.3, -0.25) is 10.2 Å². The van der Waals surface area contributed by atoms with Gasteiger partial charge in [0.2, 0.25) is 5.82 Å². The van der Waals surface area contributed by atoms with Crippen LogP contribution in [-0.4, -0.2) is 16.0 Å². The van der Waals surface area contributed by atoms with E-state index >= 15 is 0 Å². The molecule has 0 aliphatic rings. The summed E-state index contributed by atoms with van der Waals surface area (Å²) in [5.41, 5.74) is 7.49. The summed E-state index contributed by atoms with van der Waals surface area (Å²) in [5.74, 6) is 0.429. The van der Waals surface area contributed by atoms with Crippen molar-refractivity contribution in [2.45, 2.75) is 6.61 Å². The highest BCUT2D eigenvalue weighted by atomic mass is 35.5. The maximum Gasteiger partial charge on any atom is 0.340 e. The van der Waals surface area contributed by atoms with E-state index in [1.54, 1.807) is 60.7 Å². The largest absolute Gasteiger partial charge is 0.489 e. The number of ether oxygens (including phenoxy) is 1. The molecule has 158 valence electrons. The van der Waals surface area contributed by atoms with Crippen LogP contribution in [0.2, 0.25) is 5.02 Å². The molecule has 0 aliphatic heterocycles. The van der Waals surface area contributed by atoms with Crippen LogP contribution < -0.4 is 15.6 Å². The number of benzene rings is 3. The van der Waals surface area contributed by atoms with E-state index in [1.165, 1.54) is 0 Å². The third kappa shape index (κ3) is 5.03. The molecule has 8 nitrogen and oxygen atoms in total. The zero-order chi connectivity index (χ0) is 22.3. The Hall–Kier alpha value is -4.35. The van der Waals surface area contributed by atoms with Gasteiger partial charge in [0, 0.05) is 21.7 Å². The first kappa shape index (κ1) is 20.9. The predicted octanol–water partition coefficient (Wildman–Crippen LogP) is 4.60. The van der Waals surface area contributed by atoms with Gasteiger partial charge in [-0.1, -0.05) is 41.0 Å². The molecule has 1 aromatic heterocycles. The topological polar surface area (TPSA) is 113 Å². The number of halogens is 1. The number of rotatable bonds is 7. The number of hydrazine groups is 1. The van der Waals surface area contributed by atoms with Crippen LogP contribution in [0.25, 0.3) is 11.4 Å². The zero-order valence-electron chi connectivity index (χ0n) is 16.6. The monoisotopic (exact) mass is 445 g/mol. The summed E-state index contributed by atoms with van der Waals surface area (Å²) in [4.78, 5) is 16.7. The average molecular weight is 446 g/mol. The summed E-state index contributed by atoms with van der Waals surface area (Å²) in [6, 6.07) is 23.0. The molecule has 32 heavy (non-hydrogen) atoms. The Bertz CT molecular complexity index is 1280. The van der Waals surface area contributed by atoms with Gasteiger partial charge in [-0.05, 0) is 48.5 Å². The highest BCUT2D eigenvalue weighted by Gasteiger charge is 2.11. The molecule has 4 aromatic rings. The van der Waals surface area contributed by atoms with Gasteiger partial charge >= 0.3 is 6.01 Å². The van der Waals surface area contributed by atoms with Crippen LogP contribution >= 0.6 is 11.6 Å². The number of amides is 1. The fraction of sp³-hybridized carbons (Fsp3) is 0.0435. The first-order chi connectivity index (χ1) is 15.6. The second-order valence-electron chi connectivity index (χ2n) is 6.59. The molecule has 0 unspecified atom stereocenters. The molecule has 3 aromatic carbocycles. The summed E-state index contributed by atoms with van der Waals surface area (Å²) in [6.45, 7) is 0.211. The van der Waals surface area contributed by atoms with Gasteiger partial charge in [-0.2, -0.15) is 10.2 Å². The molecular weight excluding hydrogens is 430 g/mol. The van der Waals surface area contributed by atoms with Gasteiger partial charge in [-0.25, -0.2) is 5.43 Å². The summed E-state index contributed by atoms with van der Waals surface area (Å²) < 4.78 is 10.8. The number of hydrogen-bond donors (Lipinski definition) is 2. The lowest BCUT2D eigenvalue weighted by Crippen LogP contribution is -2.29. The van der Waals surface area contributed by atoms with E-state index in [-0.39, 0.29) is 12.6 Å². The first-order valence-electron chi connectivity index (χ1n) is 9.49. The average Bonchev–Trinajstić information content (AvgIpc) is 3.31. The quantitative estimate of drug-likeness (QED) is 0.400. The summed E-state index contributed by atoms with van der Waals surface area (Å²) >= 11 is 5.88. The molecule has 0 saturated carbocycles. The van der Waals surface area contributed by atoms with Gasteiger partial charge in [0.25, 0.3) is 5.91 Å². The molecule has 2 N–H and O–H groups in total. The lowest BCUT2D eigenvalue weighted by molar-refractivity contribution is 0.0960. The van der Waals surface area contributed by atoms with Crippen molar-refractivity contribution in [1.29, 1.82) is 5.26 Å². The highest BCUT2D eigenvalue weighted by Crippen LogP contribution is 2.20. The molecule has 1 heterocycles. The van der Waals surface area contributed by atoms with Crippen LogP contribution in [-0.2, 0) is 6.61 Å². The number of carbonyl (C=O) groups excluding carboxylic acids is 1. The minimum absolute atomic E-state index is 0.0313. The Kier molecular flexibility index (Phi) is 6.30. The molecular formula is C23H16ClN5O3. The standard InChI is InChI=1S/C23H16ClN5O3/c24-19-10-8-15(9-11-19)21-26-23(32-29-21)28-27-22(30)16-6-3-7-20(12-16)31-14-18-5-2-1-4-17(18)13-25/h1-12H,14H2,(H,27,30)(H,26,28,29). The van der Waals surface area contributed by atoms with Crippen molar-refractivity contribution in [1.82, 2.24) is 15.6 Å². The Morgan fingerprint density at radius 2 is 1.91 bits per heavy atom. The molecule has 0 aliphatic carbocycles. The van der Waals surface area contributed by atoms with Crippen molar-refractivity contribution < 1.29 is 14.1 Å². The van der Waals surface area contributed by atoms with E-state index in [0.717, 1.165) is 11.1 Å². The molecule has 1 amide bonds. The van der Waals surface area contributed by atoms with Crippen LogP contribution in [0.15, 0.2) is 77.3 Å². The highest BCUT2D eigenvalue weighted by molar-refractivity contribution is 6.30. The van der Waals surface area contributed by atoms with Gasteiger partial charge in [0.05, 0.1) is 11.6 Å². The van der Waals surface area contributed by atoms with E-state index < -0.39 is 5.91 Å². The minimum atomic E-state index is -0.417. The second-order valence-corrected chi connectivity index (χ2v) is 7.03. The number of hydrogen-bond acceptors (Lipinski definition) is 7. The normalized spacial score (nSPS) is 10.2. The maximum absolute atomic E-state index is 12.5. The molecule has 0 fully saturated rings. The van der Waals surface area contributed by atoms with E-state index in [4.69, 9.17) is 20.9 Å². The molecule has 0 atom stereocenters. The Morgan fingerprint density at radius 3 is 2.72 bits per heavy atom. The van der Waals surface area contributed by atoms with Crippen molar-refractivity contribution in [3.8, 4) is 23.2 Å². The molecule has 0 bridgehead atoms. The molecule has 0 spiro atoms. The van der Waals surface area contributed by atoms with Crippen LogP contribution in [0.1, 0.15) is 21.5 Å². The number of nitriles is 1. The van der Waals surface area contributed by atoms with Crippen molar-refractivity contribution in [2.75, 3.05) is 5.43 Å². The van der Waals surface area contributed by atoms with Gasteiger partial charge in [-0.15, -0.1) is 0 Å². The van der Waals surface area contributed by atoms with Gasteiger partial charge in [0.15, 0.2) is 0 Å². The van der Waals surface area contributed by atoms with Gasteiger partial charge < -0.3 is 9.26 Å². The smallest absolute Gasteiger partial charge is 0.340 e. The van der Waals surface area contributed by atoms with Crippen molar-refractivity contribution >= 4 is 23.5 Å². The fourth-order valence-corrected chi connectivity index (χ4v) is 2.94. The number of aromatic nitrogens is 2. The molecule has 0 saturated heterocycles. The lowest BCUT2D eigenvalue weighted by Gasteiger charge is -2.09. The van der Waals surface area contributed by atoms with E-state index in [0.29, 0.717) is 27.7 Å². The maximum atomic E-state index is 12.5. The summed E-state index contributed by atoms with van der Waals surface area (Å²) in [6.07, 6.45) is 0. The van der Waals surface area contributed by atoms with E-state index in [2.05, 4.69) is 27.1 Å². The number of carbonyl (C=O) groups is 1. The summed E-state index contributed by atoms with van der Waals surface area (Å²) in [7, 11) is 0. The zero-order valence-corrected chi connectivity index (χ0v) is 17.3. The fourth-order valence-electron chi connectivity index (χ4n) is 2.82. The SMILES string of the molecule is N#Cc1ccccc1COc1cccc(C(=O)NNc2nc(-c3ccc(Cl)cc3)no2)c1. The third-order valence-corrected chi connectivity index (χ3v) is 4.69. The Morgan fingerprint density at radius 1 is 1.09 bits per heavy atom. The number of nitrogens with one attached hydrogen (secondary N) is 2. The van der Waals surface area contributed by atoms with Gasteiger partial charge in [0.1, 0.15) is 12.4 Å². The van der Waals surface area contributed by atoms with Crippen molar-refractivity contribution in [3.63, 3.8) is 0 Å². The molecule has 0 radical (unpaired) electrons. The predicted molar refractivity (Wildman–Crippen MR) is 118 cm³/mol. The van der Waals surface area contributed by atoms with Crippen LogP contribution in [0, 0.1) is 11.3 Å². The number of nitrogens with zero attached hydrogens (tertiary/aromatic N) is 3. The van der Waals surface area contributed by atoms with Crippen LogP contribution in [0.4, 0.5) is 6.01 Å². The Labute approximate surface area is 188 Å². The first-order valence-corrected chi connectivity index (χ1v) is 9.87. The van der Waals surface area contributed by atoms with Crippen LogP contribution in [0.5, 0.6) is 5.75 Å². The third-order valence-electron chi connectivity index (χ3n) is 4.44. The Balaban J connectivity index is 1.36. The van der Waals surface area contributed by atoms with Crippen molar-refractivity contribution in [3.05, 3.63) is 94.5 Å². The minimum Gasteiger partial charge on any atom is -0.489 e. The summed E-state index contributed by atoms with van der Waals surface area (Å²) in [5, 5.41) is 13.6.